The largest absolute Gasteiger partial charge is 0.480 e. The molecule has 1 aliphatic rings. The molecule has 0 aromatic carbocycles. The van der Waals surface area contributed by atoms with Crippen LogP contribution in [-0.2, 0) is 9.53 Å². The summed E-state index contributed by atoms with van der Waals surface area (Å²) in [5.74, 6) is -0.955. The molecular weight excluding hydrogens is 236 g/mol. The van der Waals surface area contributed by atoms with Crippen LogP contribution >= 0.6 is 0 Å². The third kappa shape index (κ3) is 3.73. The van der Waals surface area contributed by atoms with Crippen molar-refractivity contribution in [1.29, 1.82) is 0 Å². The van der Waals surface area contributed by atoms with Gasteiger partial charge in [-0.3, -0.25) is 0 Å². The molecule has 0 aromatic rings. The maximum absolute atomic E-state index is 11.8. The molecule has 102 valence electrons. The second-order valence-corrected chi connectivity index (χ2v) is 4.34. The highest BCUT2D eigenvalue weighted by Crippen LogP contribution is 2.23. The molecule has 0 aliphatic carbocycles. The van der Waals surface area contributed by atoms with Gasteiger partial charge in [0, 0.05) is 13.1 Å². The standard InChI is InChI=1S/C12H20N2O4/c1-3-7-18-8-5-13-12(17)14-6-4-9(2)10(14)11(15)16/h3,9-10H,1,4-8H2,2H3,(H,13,17)(H,15,16). The second-order valence-electron chi connectivity index (χ2n) is 4.34. The number of nitrogens with one attached hydrogen (secondary N) is 1. The Bertz CT molecular complexity index is 319. The van der Waals surface area contributed by atoms with E-state index in [1.54, 1.807) is 6.08 Å². The molecule has 1 fully saturated rings. The molecular formula is C12H20N2O4. The number of carboxylic acids is 1. The summed E-state index contributed by atoms with van der Waals surface area (Å²) in [5.41, 5.74) is 0. The molecule has 0 saturated carbocycles. The van der Waals surface area contributed by atoms with E-state index in [0.717, 1.165) is 6.42 Å². The average molecular weight is 256 g/mol. The van der Waals surface area contributed by atoms with Crippen LogP contribution in [-0.4, -0.2) is 54.4 Å². The summed E-state index contributed by atoms with van der Waals surface area (Å²) in [6, 6.07) is -1.06. The zero-order valence-corrected chi connectivity index (χ0v) is 10.6. The highest BCUT2D eigenvalue weighted by atomic mass is 16.5. The van der Waals surface area contributed by atoms with Gasteiger partial charge in [-0.15, -0.1) is 6.58 Å². The van der Waals surface area contributed by atoms with Crippen LogP contribution in [0.1, 0.15) is 13.3 Å². The Balaban J connectivity index is 2.36. The van der Waals surface area contributed by atoms with Gasteiger partial charge >= 0.3 is 12.0 Å². The average Bonchev–Trinajstić information content (AvgIpc) is 2.70. The summed E-state index contributed by atoms with van der Waals surface area (Å²) in [6.07, 6.45) is 2.35. The number of carbonyl (C=O) groups is 2. The van der Waals surface area contributed by atoms with Crippen molar-refractivity contribution in [3.8, 4) is 0 Å². The first-order chi connectivity index (χ1) is 8.57. The molecule has 6 nitrogen and oxygen atoms in total. The Morgan fingerprint density at radius 2 is 2.33 bits per heavy atom. The number of urea groups is 1. The van der Waals surface area contributed by atoms with Gasteiger partial charge in [0.25, 0.3) is 0 Å². The Morgan fingerprint density at radius 3 is 2.94 bits per heavy atom. The number of hydrogen-bond acceptors (Lipinski definition) is 3. The lowest BCUT2D eigenvalue weighted by atomic mass is 10.0. The normalized spacial score (nSPS) is 22.8. The van der Waals surface area contributed by atoms with E-state index < -0.39 is 12.0 Å². The molecule has 0 radical (unpaired) electrons. The first-order valence-corrected chi connectivity index (χ1v) is 6.03. The van der Waals surface area contributed by atoms with Crippen molar-refractivity contribution in [2.45, 2.75) is 19.4 Å². The van der Waals surface area contributed by atoms with E-state index in [2.05, 4.69) is 11.9 Å². The Morgan fingerprint density at radius 1 is 1.61 bits per heavy atom. The Kier molecular flexibility index (Phi) is 5.64. The quantitative estimate of drug-likeness (QED) is 0.541. The zero-order valence-electron chi connectivity index (χ0n) is 10.6. The van der Waals surface area contributed by atoms with Crippen LogP contribution < -0.4 is 5.32 Å². The summed E-state index contributed by atoms with van der Waals surface area (Å²) >= 11 is 0. The molecule has 2 N–H and O–H groups in total. The molecule has 0 spiro atoms. The number of hydrogen-bond donors (Lipinski definition) is 2. The van der Waals surface area contributed by atoms with Gasteiger partial charge in [-0.25, -0.2) is 9.59 Å². The zero-order chi connectivity index (χ0) is 13.5. The predicted molar refractivity (Wildman–Crippen MR) is 66.3 cm³/mol. The summed E-state index contributed by atoms with van der Waals surface area (Å²) in [6.45, 7) is 7.03. The van der Waals surface area contributed by atoms with Crippen molar-refractivity contribution >= 4 is 12.0 Å². The van der Waals surface area contributed by atoms with Crippen molar-refractivity contribution in [3.05, 3.63) is 12.7 Å². The van der Waals surface area contributed by atoms with Gasteiger partial charge < -0.3 is 20.1 Å². The van der Waals surface area contributed by atoms with Crippen molar-refractivity contribution in [2.75, 3.05) is 26.3 Å². The van der Waals surface area contributed by atoms with E-state index >= 15 is 0 Å². The van der Waals surface area contributed by atoms with Gasteiger partial charge in [-0.05, 0) is 12.3 Å². The van der Waals surface area contributed by atoms with E-state index in [4.69, 9.17) is 9.84 Å². The molecule has 6 heteroatoms. The van der Waals surface area contributed by atoms with E-state index in [1.807, 2.05) is 6.92 Å². The van der Waals surface area contributed by atoms with Crippen LogP contribution in [0, 0.1) is 5.92 Å². The van der Waals surface area contributed by atoms with Gasteiger partial charge in [0.2, 0.25) is 0 Å². The fourth-order valence-electron chi connectivity index (χ4n) is 2.05. The highest BCUT2D eigenvalue weighted by Gasteiger charge is 2.39. The highest BCUT2D eigenvalue weighted by molar-refractivity contribution is 5.83. The maximum Gasteiger partial charge on any atom is 0.326 e. The minimum atomic E-state index is -0.946. The van der Waals surface area contributed by atoms with Crippen molar-refractivity contribution in [3.63, 3.8) is 0 Å². The maximum atomic E-state index is 11.8. The number of ether oxygens (including phenoxy) is 1. The lowest BCUT2D eigenvalue weighted by Gasteiger charge is -2.23. The first kappa shape index (κ1) is 14.5. The summed E-state index contributed by atoms with van der Waals surface area (Å²) in [4.78, 5) is 24.3. The topological polar surface area (TPSA) is 78.9 Å². The number of likely N-dealkylation sites (tertiary alicyclic amines) is 1. The number of nitrogens with zero attached hydrogens (tertiary/aromatic N) is 1. The van der Waals surface area contributed by atoms with Crippen LogP contribution in [0.4, 0.5) is 4.79 Å². The molecule has 1 aliphatic heterocycles. The molecule has 1 heterocycles. The first-order valence-electron chi connectivity index (χ1n) is 6.03. The molecule has 2 unspecified atom stereocenters. The number of aliphatic carboxylic acids is 1. The van der Waals surface area contributed by atoms with Crippen molar-refractivity contribution < 1.29 is 19.4 Å². The molecule has 0 aromatic heterocycles. The number of amides is 2. The molecule has 2 amide bonds. The number of carboxylic acid groups (broad SMARTS) is 1. The monoisotopic (exact) mass is 256 g/mol. The lowest BCUT2D eigenvalue weighted by Crippen LogP contribution is -2.48. The van der Waals surface area contributed by atoms with Crippen LogP contribution in [0.3, 0.4) is 0 Å². The lowest BCUT2D eigenvalue weighted by molar-refractivity contribution is -0.142. The minimum absolute atomic E-state index is 0.00901. The molecule has 18 heavy (non-hydrogen) atoms. The molecule has 1 rings (SSSR count). The van der Waals surface area contributed by atoms with E-state index in [9.17, 15) is 9.59 Å². The number of rotatable bonds is 6. The van der Waals surface area contributed by atoms with E-state index in [-0.39, 0.29) is 11.9 Å². The predicted octanol–water partition coefficient (Wildman–Crippen LogP) is 0.694. The summed E-state index contributed by atoms with van der Waals surface area (Å²) in [7, 11) is 0. The summed E-state index contributed by atoms with van der Waals surface area (Å²) < 4.78 is 5.12. The second kappa shape index (κ2) is 7.00. The van der Waals surface area contributed by atoms with E-state index in [0.29, 0.717) is 26.3 Å². The van der Waals surface area contributed by atoms with Crippen LogP contribution in [0.5, 0.6) is 0 Å². The van der Waals surface area contributed by atoms with Gasteiger partial charge in [0.05, 0.1) is 13.2 Å². The molecule has 2 atom stereocenters. The molecule has 1 saturated heterocycles. The van der Waals surface area contributed by atoms with Crippen LogP contribution in [0.2, 0.25) is 0 Å². The number of carbonyl (C=O) groups excluding carboxylic acids is 1. The third-order valence-electron chi connectivity index (χ3n) is 2.97. The van der Waals surface area contributed by atoms with Crippen LogP contribution in [0.25, 0.3) is 0 Å². The van der Waals surface area contributed by atoms with Crippen molar-refractivity contribution in [1.82, 2.24) is 10.2 Å². The minimum Gasteiger partial charge on any atom is -0.480 e. The van der Waals surface area contributed by atoms with Gasteiger partial charge in [0.1, 0.15) is 6.04 Å². The van der Waals surface area contributed by atoms with Gasteiger partial charge in [0.15, 0.2) is 0 Å². The van der Waals surface area contributed by atoms with Crippen LogP contribution in [0.15, 0.2) is 12.7 Å². The third-order valence-corrected chi connectivity index (χ3v) is 2.97. The van der Waals surface area contributed by atoms with Gasteiger partial charge in [-0.2, -0.15) is 0 Å². The fraction of sp³-hybridized carbons (Fsp3) is 0.667. The summed E-state index contributed by atoms with van der Waals surface area (Å²) in [5, 5.41) is 11.7. The fourth-order valence-corrected chi connectivity index (χ4v) is 2.05. The smallest absolute Gasteiger partial charge is 0.326 e. The van der Waals surface area contributed by atoms with Gasteiger partial charge in [-0.1, -0.05) is 13.0 Å². The van der Waals surface area contributed by atoms with E-state index in [1.165, 1.54) is 4.90 Å². The van der Waals surface area contributed by atoms with Crippen molar-refractivity contribution in [2.24, 2.45) is 5.92 Å². The Hall–Kier alpha value is -1.56. The Labute approximate surface area is 107 Å². The SMILES string of the molecule is C=CCOCCNC(=O)N1CCC(C)C1C(=O)O. The molecule has 0 bridgehead atoms.